The topological polar surface area (TPSA) is 71.3 Å². The predicted molar refractivity (Wildman–Crippen MR) is 364 cm³/mol. The van der Waals surface area contributed by atoms with Crippen molar-refractivity contribution in [1.82, 2.24) is 38.2 Å². The van der Waals surface area contributed by atoms with Crippen molar-refractivity contribution in [2.75, 3.05) is 0 Å². The van der Waals surface area contributed by atoms with Gasteiger partial charge in [0.1, 0.15) is 0 Å². The van der Waals surface area contributed by atoms with Gasteiger partial charge < -0.3 is 63.9 Å². The van der Waals surface area contributed by atoms with Crippen LogP contribution < -0.4 is 0 Å². The molecule has 4 aliphatic rings. The van der Waals surface area contributed by atoms with Gasteiger partial charge in [0.25, 0.3) is 0 Å². The Bertz CT molecular complexity index is 4680. The Hall–Kier alpha value is -8.98. The van der Waals surface area contributed by atoms with E-state index in [1.54, 1.807) is 0 Å². The zero-order chi connectivity index (χ0) is 63.5. The summed E-state index contributed by atoms with van der Waals surface area (Å²) >= 11 is 0. The van der Waals surface area contributed by atoms with Crippen molar-refractivity contribution >= 4 is 0 Å². The molecule has 0 spiro atoms. The number of imidazole rings is 4. The molecule has 0 N–H and O–H groups in total. The number of rotatable bonds is 5. The molecule has 0 amide bonds. The third-order valence-electron chi connectivity index (χ3n) is 16.6. The Morgan fingerprint density at radius 1 is 0.292 bits per heavy atom. The third kappa shape index (κ3) is 17.2. The normalized spacial score (nSPS) is 10.9. The first-order valence-corrected chi connectivity index (χ1v) is 30.3. The number of nitrogens with zero attached hydrogens (tertiary/aromatic N) is 8. The molecule has 12 heteroatoms. The van der Waals surface area contributed by atoms with Gasteiger partial charge in [-0.05, 0) is 137 Å². The summed E-state index contributed by atoms with van der Waals surface area (Å²) in [7, 11) is 7.66. The van der Waals surface area contributed by atoms with Crippen LogP contribution in [0, 0.1) is 74.7 Å². The van der Waals surface area contributed by atoms with Gasteiger partial charge in [0, 0.05) is 115 Å². The van der Waals surface area contributed by atoms with Crippen LogP contribution in [0.2, 0.25) is 0 Å². The van der Waals surface area contributed by atoms with Crippen LogP contribution in [0.5, 0.6) is 0 Å². The molecule has 4 radical (unpaired) electrons. The van der Waals surface area contributed by atoms with Gasteiger partial charge in [0.15, 0.2) is 0 Å². The average molecular weight is 1970 g/mol. The van der Waals surface area contributed by atoms with E-state index in [0.29, 0.717) is 0 Å². The van der Waals surface area contributed by atoms with Crippen LogP contribution in [0.1, 0.15) is 78.1 Å². The number of aromatic nitrogens is 8. The van der Waals surface area contributed by atoms with Crippen LogP contribution in [0.3, 0.4) is 0 Å². The Kier molecular flexibility index (Phi) is 25.9. The number of fused-ring (bicyclic) bond motifs is 12. The van der Waals surface area contributed by atoms with Crippen molar-refractivity contribution in [1.29, 1.82) is 0 Å². The largest absolute Gasteiger partial charge is 0.456 e. The standard InChI is InChI=1S/4C15H9.C14H12N4.C10H12N4.4Au/c1-2-11-7-8-15-13(9-11)10-12-5-3-4-6-14(12)15;3*1-2-11-7-8-13-10-12-5-3-4-6-14(12)15(13)9-11;1-17-7-13(15-9-17)11-5-3-4-6-12(11)14-8-18(2)10-16-14;1-13-5-9(11-7-13)3-4-10-6-14(2)8-12-10;;;;/h4*3-9H,10H2;3-8H,1-2H3;5-6H,3-4H2,1-2H3;;;;/q4*-1;2*-2;;;;. The van der Waals surface area contributed by atoms with Crippen LogP contribution in [-0.2, 0) is 156 Å². The Labute approximate surface area is 627 Å². The van der Waals surface area contributed by atoms with Crippen molar-refractivity contribution in [3.05, 3.63) is 348 Å². The van der Waals surface area contributed by atoms with Crippen molar-refractivity contribution in [3.63, 3.8) is 0 Å². The molecule has 4 aliphatic carbocycles. The first-order chi connectivity index (χ1) is 45.0. The first-order valence-electron chi connectivity index (χ1n) is 30.3. The van der Waals surface area contributed by atoms with E-state index in [4.69, 9.17) is 25.7 Å². The van der Waals surface area contributed by atoms with E-state index in [0.717, 1.165) is 94.7 Å². The van der Waals surface area contributed by atoms with Gasteiger partial charge in [0.2, 0.25) is 0 Å². The summed E-state index contributed by atoms with van der Waals surface area (Å²) in [5, 5.41) is 0. The van der Waals surface area contributed by atoms with Crippen molar-refractivity contribution < 1.29 is 89.5 Å². The fraction of sp³-hybridized carbons (Fsp3) is 0.119. The van der Waals surface area contributed by atoms with Gasteiger partial charge in [-0.3, -0.25) is 23.7 Å². The summed E-state index contributed by atoms with van der Waals surface area (Å²) in [6.45, 7) is 0. The molecular weight excluding hydrogens is 1910 g/mol. The molecule has 0 saturated heterocycles. The van der Waals surface area contributed by atoms with Crippen molar-refractivity contribution in [2.24, 2.45) is 28.2 Å². The van der Waals surface area contributed by atoms with E-state index in [2.05, 4.69) is 196 Å². The molecule has 0 unspecified atom stereocenters. The second kappa shape index (κ2) is 34.1. The monoisotopic (exact) mass is 1970 g/mol. The summed E-state index contributed by atoms with van der Waals surface area (Å²) in [5.41, 5.74) is 30.7. The maximum absolute atomic E-state index is 7.14. The Morgan fingerprint density at radius 3 is 0.865 bits per heavy atom. The van der Waals surface area contributed by atoms with Crippen molar-refractivity contribution in [3.8, 4) is 90.7 Å². The summed E-state index contributed by atoms with van der Waals surface area (Å²) in [6.07, 6.45) is 53.7. The van der Waals surface area contributed by atoms with Gasteiger partial charge in [0.05, 0.1) is 0 Å². The number of hydrogen-bond acceptors (Lipinski definition) is 4. The summed E-state index contributed by atoms with van der Waals surface area (Å²) in [5.74, 6) is 9.75. The second-order valence-corrected chi connectivity index (χ2v) is 22.9. The van der Waals surface area contributed by atoms with Crippen LogP contribution in [0.25, 0.3) is 67.0 Å². The van der Waals surface area contributed by atoms with Gasteiger partial charge >= 0.3 is 0 Å². The molecule has 9 aromatic carbocycles. The molecule has 0 saturated carbocycles. The minimum atomic E-state index is 0. The Balaban J connectivity index is 0.000000146. The molecule has 17 rings (SSSR count). The summed E-state index contributed by atoms with van der Waals surface area (Å²) in [6, 6.07) is 66.4. The smallest absolute Gasteiger partial charge is 0.000793 e. The third-order valence-corrected chi connectivity index (χ3v) is 16.6. The van der Waals surface area contributed by atoms with Crippen LogP contribution >= 0.6 is 0 Å². The number of aryl methyl sites for hydroxylation is 6. The van der Waals surface area contributed by atoms with Gasteiger partial charge in [-0.1, -0.05) is 198 Å². The van der Waals surface area contributed by atoms with E-state index in [-0.39, 0.29) is 89.5 Å². The summed E-state index contributed by atoms with van der Waals surface area (Å²) in [4.78, 5) is 16.8. The maximum atomic E-state index is 7.14. The van der Waals surface area contributed by atoms with E-state index in [9.17, 15) is 0 Å². The van der Waals surface area contributed by atoms with Crippen molar-refractivity contribution in [2.45, 2.75) is 38.5 Å². The van der Waals surface area contributed by atoms with Gasteiger partial charge in [-0.15, -0.1) is 95.6 Å². The zero-order valence-electron chi connectivity index (χ0n) is 52.8. The molecule has 8 nitrogen and oxygen atoms in total. The number of hydrogen-bond donors (Lipinski definition) is 0. The van der Waals surface area contributed by atoms with E-state index in [1.807, 2.05) is 138 Å². The average Bonchev–Trinajstić information content (AvgIpc) is 1.68. The fourth-order valence-electron chi connectivity index (χ4n) is 12.1. The van der Waals surface area contributed by atoms with E-state index < -0.39 is 0 Å². The van der Waals surface area contributed by atoms with Gasteiger partial charge in [-0.2, -0.15) is 0 Å². The minimum absolute atomic E-state index is 0. The molecule has 4 heterocycles. The molecule has 4 aromatic heterocycles. The summed E-state index contributed by atoms with van der Waals surface area (Å²) < 4.78 is 7.30. The SMILES string of the molecule is Cn1[c-]nc(-c2ccccc2-c2cn(C)[c-]n2)c1.Cn1[c-]nc(CCc2cn(C)[c-]n2)c1.[Au].[Au].[Au].[Au].[C-]#Cc1ccc2c(c1)-c1ccccc1C2.[C-]#Cc1ccc2c(c1)-c1ccccc1C2.[C-]#Cc1ccc2c(c1)-c1ccccc1C2.[C-]#Cc1ccc2c(c1)Cc1ccccc1-2. The minimum Gasteiger partial charge on any atom is -0.456 e. The molecule has 0 fully saturated rings. The first kappa shape index (κ1) is 72.8. The Morgan fingerprint density at radius 2 is 0.552 bits per heavy atom. The quantitative estimate of drug-likeness (QED) is 0.0978. The maximum Gasteiger partial charge on any atom is 0.000793 e. The van der Waals surface area contributed by atoms with Crippen LogP contribution in [-0.4, -0.2) is 38.2 Å². The number of benzene rings is 9. The van der Waals surface area contributed by atoms with E-state index >= 15 is 0 Å². The fourth-order valence-corrected chi connectivity index (χ4v) is 12.1. The predicted octanol–water partition coefficient (Wildman–Crippen LogP) is 15.4. The molecule has 0 atom stereocenters. The second-order valence-electron chi connectivity index (χ2n) is 22.9. The van der Waals surface area contributed by atoms with Crippen LogP contribution in [0.4, 0.5) is 0 Å². The van der Waals surface area contributed by atoms with Crippen LogP contribution in [0.15, 0.2) is 219 Å². The van der Waals surface area contributed by atoms with Gasteiger partial charge in [-0.25, -0.2) is 0 Å². The molecule has 96 heavy (non-hydrogen) atoms. The molecule has 0 aliphatic heterocycles. The molecule has 13 aromatic rings. The molecule has 488 valence electrons. The molecule has 0 bridgehead atoms. The zero-order valence-corrected chi connectivity index (χ0v) is 61.5. The van der Waals surface area contributed by atoms with E-state index in [1.165, 1.54) is 89.0 Å². The molecular formula is C84H60Au4N8-8.